The molecule has 0 radical (unpaired) electrons. The minimum atomic E-state index is -0.126. The van der Waals surface area contributed by atoms with Crippen LogP contribution >= 0.6 is 0 Å². The molecule has 2 aromatic carbocycles. The van der Waals surface area contributed by atoms with Crippen LogP contribution in [0, 0.1) is 16.7 Å². The zero-order chi connectivity index (χ0) is 38.6. The van der Waals surface area contributed by atoms with Crippen molar-refractivity contribution in [3.05, 3.63) is 87.1 Å². The molecular weight excluding hydrogens is 675 g/mol. The van der Waals surface area contributed by atoms with Gasteiger partial charge in [-0.25, -0.2) is 0 Å². The summed E-state index contributed by atoms with van der Waals surface area (Å²) < 4.78 is 12.0. The third kappa shape index (κ3) is 8.01. The van der Waals surface area contributed by atoms with Gasteiger partial charge in [-0.15, -0.1) is 0 Å². The Morgan fingerprint density at radius 2 is 1.72 bits per heavy atom. The summed E-state index contributed by atoms with van der Waals surface area (Å²) >= 11 is 0. The van der Waals surface area contributed by atoms with E-state index in [-0.39, 0.29) is 22.9 Å². The normalized spacial score (nSPS) is 21.8. The number of allylic oxidation sites excluding steroid dienone is 4. The quantitative estimate of drug-likeness (QED) is 0.104. The van der Waals surface area contributed by atoms with E-state index in [1.807, 2.05) is 38.1 Å². The van der Waals surface area contributed by atoms with Crippen molar-refractivity contribution in [3.63, 3.8) is 0 Å². The molecule has 2 heterocycles. The van der Waals surface area contributed by atoms with Crippen LogP contribution in [-0.4, -0.2) is 79.9 Å². The summed E-state index contributed by atoms with van der Waals surface area (Å²) in [5.41, 5.74) is 8.74. The van der Waals surface area contributed by atoms with Crippen LogP contribution in [0.5, 0.6) is 11.5 Å². The first-order valence-electron chi connectivity index (χ1n) is 19.8. The fourth-order valence-corrected chi connectivity index (χ4v) is 9.19. The highest BCUT2D eigenvalue weighted by molar-refractivity contribution is 5.97. The van der Waals surface area contributed by atoms with E-state index in [0.29, 0.717) is 17.7 Å². The lowest BCUT2D eigenvalue weighted by atomic mass is 9.74. The van der Waals surface area contributed by atoms with E-state index in [9.17, 15) is 14.9 Å². The second-order valence-electron chi connectivity index (χ2n) is 16.3. The highest BCUT2D eigenvalue weighted by Gasteiger charge is 2.51. The molecule has 1 atom stereocenters. The molecule has 1 amide bonds. The van der Waals surface area contributed by atoms with Gasteiger partial charge in [-0.1, -0.05) is 50.5 Å². The van der Waals surface area contributed by atoms with E-state index in [2.05, 4.69) is 65.4 Å². The number of methoxy groups -OCH3 is 2. The van der Waals surface area contributed by atoms with Gasteiger partial charge in [-0.2, -0.15) is 5.26 Å². The van der Waals surface area contributed by atoms with E-state index in [1.165, 1.54) is 36.0 Å². The average molecular weight is 734 g/mol. The standard InChI is InChI=1S/C45H59N5O4/c1-31(29-51)32(2)39(26-47-5)35-22-41(53-6)40(42(23-35)54-7)28-48-20-21-49(45(30-48)17-18-45)27-34-12-11-13-37-33(3)50(19-14-38(34)37)43(52)36(25-46)24-44(4)15-9-8-10-16-44/h11-13,22-24,26,29,33,47H,8-10,14-21,27-28,30H2,1-7H3/b32-31-,36-24+,39-26+. The maximum atomic E-state index is 13.8. The van der Waals surface area contributed by atoms with Gasteiger partial charge >= 0.3 is 0 Å². The summed E-state index contributed by atoms with van der Waals surface area (Å²) in [6.07, 6.45) is 13.6. The number of nitrogens with one attached hydrogen (secondary N) is 1. The molecule has 54 heavy (non-hydrogen) atoms. The number of carbonyl (C=O) groups is 2. The average Bonchev–Trinajstić information content (AvgIpc) is 3.96. The van der Waals surface area contributed by atoms with E-state index in [1.54, 1.807) is 14.2 Å². The van der Waals surface area contributed by atoms with Crippen molar-refractivity contribution in [2.24, 2.45) is 5.41 Å². The van der Waals surface area contributed by atoms with Crippen LogP contribution < -0.4 is 14.8 Å². The van der Waals surface area contributed by atoms with Crippen molar-refractivity contribution in [1.29, 1.82) is 5.26 Å². The molecule has 1 saturated heterocycles. The van der Waals surface area contributed by atoms with Gasteiger partial charge in [0, 0.05) is 63.6 Å². The summed E-state index contributed by atoms with van der Waals surface area (Å²) in [4.78, 5) is 32.6. The number of aldehydes is 1. The SMILES string of the molecule is CN/C=C(\C(C)=C(\C)C=O)c1cc(OC)c(CN2CCN(Cc3cccc4c3CCN(C(=O)/C(C#N)=C/C3(C)CCCCC3)C4C)C3(CC3)C2)c(OC)c1. The summed E-state index contributed by atoms with van der Waals surface area (Å²) in [5.74, 6) is 1.42. The number of fused-ring (bicyclic) bond motifs is 1. The Labute approximate surface area is 322 Å². The molecule has 2 aliphatic heterocycles. The first kappa shape index (κ1) is 39.3. The predicted octanol–water partition coefficient (Wildman–Crippen LogP) is 7.52. The molecule has 6 rings (SSSR count). The number of nitriles is 1. The van der Waals surface area contributed by atoms with Crippen molar-refractivity contribution in [1.82, 2.24) is 20.0 Å². The van der Waals surface area contributed by atoms with Crippen LogP contribution in [0.15, 0.2) is 59.3 Å². The number of ether oxygens (including phenoxy) is 2. The Morgan fingerprint density at radius 3 is 2.33 bits per heavy atom. The van der Waals surface area contributed by atoms with Crippen LogP contribution in [0.1, 0.15) is 106 Å². The number of benzene rings is 2. The molecule has 2 saturated carbocycles. The lowest BCUT2D eigenvalue weighted by molar-refractivity contribution is -0.129. The number of piperazine rings is 1. The molecule has 1 spiro atoms. The summed E-state index contributed by atoms with van der Waals surface area (Å²) in [5, 5.41) is 13.2. The number of carbonyl (C=O) groups excluding carboxylic acids is 2. The van der Waals surface area contributed by atoms with Gasteiger partial charge in [0.2, 0.25) is 0 Å². The van der Waals surface area contributed by atoms with Gasteiger partial charge in [0.1, 0.15) is 29.4 Å². The summed E-state index contributed by atoms with van der Waals surface area (Å²) in [6.45, 7) is 13.2. The number of nitrogens with zero attached hydrogens (tertiary/aromatic N) is 4. The highest BCUT2D eigenvalue weighted by atomic mass is 16.5. The zero-order valence-electron chi connectivity index (χ0n) is 33.5. The van der Waals surface area contributed by atoms with Crippen LogP contribution in [0.3, 0.4) is 0 Å². The van der Waals surface area contributed by atoms with Crippen molar-refractivity contribution in [3.8, 4) is 17.6 Å². The van der Waals surface area contributed by atoms with Gasteiger partial charge in [0.25, 0.3) is 5.91 Å². The fraction of sp³-hybridized carbons (Fsp3) is 0.533. The van der Waals surface area contributed by atoms with E-state index >= 15 is 0 Å². The Kier molecular flexibility index (Phi) is 12.0. The van der Waals surface area contributed by atoms with Gasteiger partial charge in [0.15, 0.2) is 0 Å². The first-order chi connectivity index (χ1) is 26.0. The molecule has 4 aliphatic rings. The maximum absolute atomic E-state index is 13.8. The van der Waals surface area contributed by atoms with Crippen LogP contribution in [0.2, 0.25) is 0 Å². The van der Waals surface area contributed by atoms with E-state index in [0.717, 1.165) is 105 Å². The Balaban J connectivity index is 1.16. The zero-order valence-corrected chi connectivity index (χ0v) is 33.5. The Morgan fingerprint density at radius 1 is 1.02 bits per heavy atom. The van der Waals surface area contributed by atoms with E-state index in [4.69, 9.17) is 9.47 Å². The monoisotopic (exact) mass is 733 g/mol. The summed E-state index contributed by atoms with van der Waals surface area (Å²) in [6, 6.07) is 12.9. The van der Waals surface area contributed by atoms with Crippen molar-refractivity contribution in [2.75, 3.05) is 47.4 Å². The molecule has 3 fully saturated rings. The second-order valence-corrected chi connectivity index (χ2v) is 16.3. The topological polar surface area (TPSA) is 98.1 Å². The third-order valence-corrected chi connectivity index (χ3v) is 12.8. The van der Waals surface area contributed by atoms with Gasteiger partial charge < -0.3 is 19.7 Å². The molecule has 1 N–H and O–H groups in total. The number of hydrogen-bond donors (Lipinski definition) is 1. The lowest BCUT2D eigenvalue weighted by Crippen LogP contribution is -2.54. The van der Waals surface area contributed by atoms with Crippen LogP contribution in [0.4, 0.5) is 0 Å². The van der Waals surface area contributed by atoms with Crippen molar-refractivity contribution < 1.29 is 19.1 Å². The smallest absolute Gasteiger partial charge is 0.264 e. The fourth-order valence-electron chi connectivity index (χ4n) is 9.19. The summed E-state index contributed by atoms with van der Waals surface area (Å²) in [7, 11) is 5.26. The van der Waals surface area contributed by atoms with Crippen molar-refractivity contribution in [2.45, 2.75) is 104 Å². The van der Waals surface area contributed by atoms with Crippen molar-refractivity contribution >= 4 is 17.8 Å². The Hall–Kier alpha value is -4.39. The Bertz CT molecular complexity index is 1850. The van der Waals surface area contributed by atoms with Crippen LogP contribution in [0.25, 0.3) is 5.57 Å². The molecule has 9 nitrogen and oxygen atoms in total. The molecule has 2 aromatic rings. The lowest BCUT2D eigenvalue weighted by Gasteiger charge is -2.43. The molecule has 288 valence electrons. The molecular formula is C45H59N5O4. The van der Waals surface area contributed by atoms with Gasteiger partial charge in [-0.3, -0.25) is 19.4 Å². The minimum Gasteiger partial charge on any atom is -0.496 e. The third-order valence-electron chi connectivity index (χ3n) is 12.8. The largest absolute Gasteiger partial charge is 0.496 e. The van der Waals surface area contributed by atoms with Gasteiger partial charge in [-0.05, 0) is 104 Å². The number of rotatable bonds is 12. The van der Waals surface area contributed by atoms with E-state index < -0.39 is 0 Å². The van der Waals surface area contributed by atoms with Crippen LogP contribution in [-0.2, 0) is 29.1 Å². The molecule has 9 heteroatoms. The molecule has 0 bridgehead atoms. The predicted molar refractivity (Wildman–Crippen MR) is 214 cm³/mol. The number of hydrogen-bond acceptors (Lipinski definition) is 8. The molecule has 1 unspecified atom stereocenters. The highest BCUT2D eigenvalue weighted by Crippen LogP contribution is 2.47. The molecule has 0 aromatic heterocycles. The molecule has 2 aliphatic carbocycles. The number of amides is 1. The van der Waals surface area contributed by atoms with Gasteiger partial charge in [0.05, 0.1) is 25.8 Å². The second kappa shape index (κ2) is 16.5. The minimum absolute atomic E-state index is 0.0725. The first-order valence-corrected chi connectivity index (χ1v) is 19.8. The maximum Gasteiger partial charge on any atom is 0.264 e.